The lowest BCUT2D eigenvalue weighted by Gasteiger charge is -2.36. The minimum Gasteiger partial charge on any atom is -0.375 e. The van der Waals surface area contributed by atoms with Crippen molar-refractivity contribution in [1.29, 1.82) is 0 Å². The molecule has 10 aromatic rings. The average molecular weight is 957 g/mol. The summed E-state index contributed by atoms with van der Waals surface area (Å²) >= 11 is 0. The van der Waals surface area contributed by atoms with Gasteiger partial charge in [-0.05, 0) is 108 Å². The van der Waals surface area contributed by atoms with E-state index in [-0.39, 0.29) is 0 Å². The number of aromatic nitrogens is 2. The molecule has 1 aromatic heterocycles. The van der Waals surface area contributed by atoms with Crippen LogP contribution in [0.3, 0.4) is 0 Å². The highest BCUT2D eigenvalue weighted by molar-refractivity contribution is 6.73. The standard InChI is InChI=1S/C51H57B21N2O2/c52-31-24(32(53)40(61)47(68)39(31)60)15-11-14(12-16(13-15)25-33(54)41(62)48(69)42(63)34(25)55)23-27-29(37(58)45(66)43(64)35(27)56)26(30-28(23)36(57)44(65)46(67)38(30)59)19-9-10-21(18-6-2-1-5-17(18)19)74-22-8-4-3-7-20(22)73-49(74)50(70,71)51(72,75)76/h1-13,75-76H,52-72H2. The second kappa shape index (κ2) is 18.9. The molecule has 0 atom stereocenters. The Balaban J connectivity index is 1.43. The lowest BCUT2D eigenvalue weighted by atomic mass is 9.45. The Kier molecular flexibility index (Phi) is 13.4. The Morgan fingerprint density at radius 1 is 0.355 bits per heavy atom. The zero-order chi connectivity index (χ0) is 55.3. The van der Waals surface area contributed by atoms with Crippen LogP contribution in [0.15, 0.2) is 78.9 Å². The third kappa shape index (κ3) is 7.77. The largest absolute Gasteiger partial charge is 0.375 e. The van der Waals surface area contributed by atoms with Crippen molar-refractivity contribution in [2.24, 2.45) is 0 Å². The molecule has 76 heavy (non-hydrogen) atoms. The number of benzene rings is 9. The molecule has 0 saturated carbocycles. The van der Waals surface area contributed by atoms with Crippen LogP contribution in [0.5, 0.6) is 0 Å². The molecule has 0 amide bonds. The first-order chi connectivity index (χ1) is 35.6. The third-order valence-corrected chi connectivity index (χ3v) is 19.9. The molecule has 0 saturated heterocycles. The van der Waals surface area contributed by atoms with E-state index in [2.05, 4.69) is 206 Å². The number of nitrogens with zero attached hydrogens (tertiary/aromatic N) is 2. The predicted octanol–water partition coefficient (Wildman–Crippen LogP) is -22.5. The second-order valence-electron chi connectivity index (χ2n) is 23.6. The average Bonchev–Trinajstić information content (AvgIpc) is 3.83. The first kappa shape index (κ1) is 53.9. The van der Waals surface area contributed by atoms with E-state index in [0.717, 1.165) is 27.5 Å². The Labute approximate surface area is 469 Å². The van der Waals surface area contributed by atoms with Crippen molar-refractivity contribution in [2.75, 3.05) is 0 Å². The summed E-state index contributed by atoms with van der Waals surface area (Å²) in [6.45, 7) is 0. The molecular formula is C51H57B21N2O2. The molecule has 0 aliphatic carbocycles. The molecule has 0 aliphatic rings. The molecule has 0 fully saturated rings. The summed E-state index contributed by atoms with van der Waals surface area (Å²) in [6, 6.07) is 29.1. The minimum atomic E-state index is -2.05. The maximum absolute atomic E-state index is 11.3. The molecule has 346 valence electrons. The van der Waals surface area contributed by atoms with Gasteiger partial charge in [0.1, 0.15) is 168 Å². The zero-order valence-electron chi connectivity index (χ0n) is 49.3. The van der Waals surface area contributed by atoms with Crippen molar-refractivity contribution in [2.45, 2.75) is 10.9 Å². The van der Waals surface area contributed by atoms with E-state index in [1.54, 1.807) is 0 Å². The van der Waals surface area contributed by atoms with Crippen LogP contribution in [0, 0.1) is 0 Å². The van der Waals surface area contributed by atoms with Gasteiger partial charge in [-0.2, -0.15) is 0 Å². The van der Waals surface area contributed by atoms with Gasteiger partial charge in [0, 0.05) is 10.6 Å². The molecule has 25 heteroatoms. The van der Waals surface area contributed by atoms with Crippen molar-refractivity contribution in [3.63, 3.8) is 0 Å². The molecule has 0 radical (unpaired) electrons. The lowest BCUT2D eigenvalue weighted by Crippen LogP contribution is -2.55. The first-order valence-electron chi connectivity index (χ1n) is 27.4. The van der Waals surface area contributed by atoms with Crippen molar-refractivity contribution in [1.82, 2.24) is 9.55 Å². The van der Waals surface area contributed by atoms with E-state index in [9.17, 15) is 10.2 Å². The molecule has 2 N–H and O–H groups in total. The molecule has 0 spiro atoms. The van der Waals surface area contributed by atoms with Gasteiger partial charge < -0.3 is 10.2 Å². The lowest BCUT2D eigenvalue weighted by molar-refractivity contribution is -0.100. The molecule has 1 heterocycles. The van der Waals surface area contributed by atoms with E-state index >= 15 is 0 Å². The van der Waals surface area contributed by atoms with E-state index < -0.39 is 10.9 Å². The smallest absolute Gasteiger partial charge is 0.177 e. The normalized spacial score (nSPS) is 12.1. The number of aliphatic hydroxyl groups is 2. The van der Waals surface area contributed by atoms with Gasteiger partial charge in [0.25, 0.3) is 0 Å². The predicted molar refractivity (Wildman–Crippen MR) is 397 cm³/mol. The number of rotatable bonds is 7. The topological polar surface area (TPSA) is 58.3 Å². The maximum atomic E-state index is 11.3. The summed E-state index contributed by atoms with van der Waals surface area (Å²) in [4.78, 5) is 5.15. The summed E-state index contributed by atoms with van der Waals surface area (Å²) in [6.07, 6.45) is 0. The van der Waals surface area contributed by atoms with Crippen LogP contribution in [0.2, 0.25) is 0 Å². The molecule has 10 rings (SSSR count). The SMILES string of the molecule is Bc1c(B)c(B)c(-c2cc(-c3c(B)c(B)c(B)c(B)c3B)cc(-c3c4c(B)c(B)c(B)c(B)c4c(-c4ccc(-n5c(C(B)(B)C(B)(O)O)nc6ccccc65)c5ccccc45)c4c(B)c(B)c(B)c(B)c34)c2)c(B)c1B. The molecular weight excluding hydrogens is 900 g/mol. The summed E-state index contributed by atoms with van der Waals surface area (Å²) in [7, 11) is 47.0. The number of imidazole rings is 1. The van der Waals surface area contributed by atoms with E-state index in [4.69, 9.17) is 4.98 Å². The van der Waals surface area contributed by atoms with Crippen molar-refractivity contribution in [3.8, 4) is 50.2 Å². The molecule has 9 aromatic carbocycles. The summed E-state index contributed by atoms with van der Waals surface area (Å²) in [5, 5.41) is 28.9. The highest BCUT2D eigenvalue weighted by Gasteiger charge is 2.43. The highest BCUT2D eigenvalue weighted by atomic mass is 16.5. The van der Waals surface area contributed by atoms with Crippen molar-refractivity contribution in [3.05, 3.63) is 84.7 Å². The summed E-state index contributed by atoms with van der Waals surface area (Å²) in [5.74, 6) is 0.582. The third-order valence-electron chi connectivity index (χ3n) is 19.9. The number of hydrogen-bond acceptors (Lipinski definition) is 3. The monoisotopic (exact) mass is 961 g/mol. The van der Waals surface area contributed by atoms with Crippen LogP contribution < -0.4 is 98.3 Å². The van der Waals surface area contributed by atoms with Crippen molar-refractivity contribution < 1.29 is 10.2 Å². The van der Waals surface area contributed by atoms with Crippen LogP contribution in [-0.4, -0.2) is 190 Å². The van der Waals surface area contributed by atoms with Gasteiger partial charge in [0.2, 0.25) is 0 Å². The first-order valence-corrected chi connectivity index (χ1v) is 27.4. The van der Waals surface area contributed by atoms with Gasteiger partial charge in [-0.3, -0.25) is 4.57 Å². The van der Waals surface area contributed by atoms with Gasteiger partial charge in [-0.1, -0.05) is 86.2 Å². The van der Waals surface area contributed by atoms with E-state index in [1.165, 1.54) is 172 Å². The van der Waals surface area contributed by atoms with Gasteiger partial charge in [-0.25, -0.2) is 4.98 Å². The van der Waals surface area contributed by atoms with E-state index in [1.807, 2.05) is 33.9 Å². The second-order valence-corrected chi connectivity index (χ2v) is 23.6. The zero-order valence-corrected chi connectivity index (χ0v) is 49.3. The van der Waals surface area contributed by atoms with Gasteiger partial charge in [0.15, 0.2) is 7.85 Å². The molecule has 0 bridgehead atoms. The number of hydrogen-bond donors (Lipinski definition) is 2. The molecule has 0 aliphatic heterocycles. The Morgan fingerprint density at radius 3 is 1.12 bits per heavy atom. The van der Waals surface area contributed by atoms with Crippen LogP contribution >= 0.6 is 0 Å². The van der Waals surface area contributed by atoms with Gasteiger partial charge >= 0.3 is 0 Å². The number of fused-ring (bicyclic) bond motifs is 4. The Bertz CT molecular complexity index is 4020. The quantitative estimate of drug-likeness (QED) is 0.0951. The Hall–Kier alpha value is -5.49. The van der Waals surface area contributed by atoms with Crippen LogP contribution in [-0.2, 0) is 5.21 Å². The Morgan fingerprint density at radius 2 is 0.697 bits per heavy atom. The van der Waals surface area contributed by atoms with E-state index in [0.29, 0.717) is 5.82 Å². The van der Waals surface area contributed by atoms with Crippen LogP contribution in [0.25, 0.3) is 93.5 Å². The summed E-state index contributed by atoms with van der Waals surface area (Å²) < 4.78 is 2.16. The molecule has 0 unspecified atom stereocenters. The fourth-order valence-corrected chi connectivity index (χ4v) is 13.2. The summed E-state index contributed by atoms with van der Waals surface area (Å²) in [5.41, 5.74) is 34.7. The van der Waals surface area contributed by atoms with Gasteiger partial charge in [0.05, 0.1) is 16.7 Å². The fraction of sp³-hybridized carbons (Fsp3) is 0.0392. The maximum Gasteiger partial charge on any atom is 0.177 e. The van der Waals surface area contributed by atoms with Crippen LogP contribution in [0.1, 0.15) is 5.82 Å². The van der Waals surface area contributed by atoms with Gasteiger partial charge in [-0.15, -0.1) is 54.6 Å². The van der Waals surface area contributed by atoms with Crippen LogP contribution in [0.4, 0.5) is 0 Å². The minimum absolute atomic E-state index is 0.582. The molecule has 4 nitrogen and oxygen atoms in total. The number of para-hydroxylation sites is 2. The highest BCUT2D eigenvalue weighted by Crippen LogP contribution is 2.45. The fourth-order valence-electron chi connectivity index (χ4n) is 13.2. The van der Waals surface area contributed by atoms with Crippen molar-refractivity contribution >= 4 is 306 Å².